The van der Waals surface area contributed by atoms with E-state index in [0.717, 1.165) is 0 Å². The number of rotatable bonds is 2. The number of hydrogen-bond acceptors (Lipinski definition) is 0. The van der Waals surface area contributed by atoms with Crippen molar-refractivity contribution in [1.29, 1.82) is 0 Å². The van der Waals surface area contributed by atoms with E-state index in [1.54, 1.807) is 9.45 Å². The van der Waals surface area contributed by atoms with Crippen LogP contribution in [0.15, 0.2) is 21.6 Å². The summed E-state index contributed by atoms with van der Waals surface area (Å²) in [6.07, 6.45) is 8.24. The minimum atomic E-state index is 0. The van der Waals surface area contributed by atoms with Crippen molar-refractivity contribution in [3.8, 4) is 0 Å². The molecular weight excluding hydrogens is 304 g/mol. The van der Waals surface area contributed by atoms with E-state index in [4.69, 9.17) is 0 Å². The van der Waals surface area contributed by atoms with Crippen molar-refractivity contribution in [3.05, 3.63) is 21.6 Å². The number of hydrogen-bond donors (Lipinski definition) is 0. The topological polar surface area (TPSA) is 0 Å². The predicted molar refractivity (Wildman–Crippen MR) is 35.7 cm³/mol. The molecule has 0 spiro atoms. The average molecular weight is 315 g/mol. The third-order valence-corrected chi connectivity index (χ3v) is 2.37. The fourth-order valence-corrected chi connectivity index (χ4v) is 1.56. The molecule has 61 valence electrons. The molecule has 0 unspecified atom stereocenters. The summed E-state index contributed by atoms with van der Waals surface area (Å²) in [5.41, 5.74) is 1.57. The molecule has 0 aromatic heterocycles. The molecular formula is C8H11Br2Ti. The molecule has 3 heteroatoms. The first-order valence-corrected chi connectivity index (χ1v) is 4.23. The minimum absolute atomic E-state index is 0. The first kappa shape index (κ1) is 14.7. The molecule has 0 nitrogen and oxygen atoms in total. The van der Waals surface area contributed by atoms with Crippen molar-refractivity contribution in [2.24, 2.45) is 0 Å². The quantitative estimate of drug-likeness (QED) is 0.465. The molecule has 0 heterocycles. The Bertz CT molecular complexity index is 161. The van der Waals surface area contributed by atoms with Gasteiger partial charge in [0.05, 0.1) is 0 Å². The van der Waals surface area contributed by atoms with Crippen molar-refractivity contribution in [1.82, 2.24) is 0 Å². The van der Waals surface area contributed by atoms with Gasteiger partial charge in [-0.25, -0.2) is 0 Å². The van der Waals surface area contributed by atoms with Gasteiger partial charge in [0.25, 0.3) is 0 Å². The largest absolute Gasteiger partial charge is 1.00 e. The number of allylic oxidation sites excluding steroid dienone is 4. The molecule has 0 amide bonds. The van der Waals surface area contributed by atoms with Gasteiger partial charge in [-0.15, -0.1) is 0 Å². The van der Waals surface area contributed by atoms with Crippen molar-refractivity contribution in [2.75, 3.05) is 0 Å². The number of halogens is 2. The van der Waals surface area contributed by atoms with Gasteiger partial charge in [0.2, 0.25) is 0 Å². The van der Waals surface area contributed by atoms with E-state index in [0.29, 0.717) is 0 Å². The summed E-state index contributed by atoms with van der Waals surface area (Å²) < 4.78 is 1.57. The fourth-order valence-electron chi connectivity index (χ4n) is 1.05. The van der Waals surface area contributed by atoms with Gasteiger partial charge in [-0.2, -0.15) is 0 Å². The van der Waals surface area contributed by atoms with E-state index in [9.17, 15) is 0 Å². The van der Waals surface area contributed by atoms with Gasteiger partial charge in [-0.05, 0) is 0 Å². The van der Waals surface area contributed by atoms with E-state index in [1.165, 1.54) is 19.3 Å². The smallest absolute Gasteiger partial charge is 1.00 e. The molecule has 1 aliphatic carbocycles. The first-order valence-electron chi connectivity index (χ1n) is 3.44. The van der Waals surface area contributed by atoms with Crippen LogP contribution in [0, 0.1) is 0 Å². The summed E-state index contributed by atoms with van der Waals surface area (Å²) in [6, 6.07) is 0. The monoisotopic (exact) mass is 313 g/mol. The summed E-state index contributed by atoms with van der Waals surface area (Å²) in [4.78, 5) is 0. The zero-order valence-corrected chi connectivity index (χ0v) is 11.3. The van der Waals surface area contributed by atoms with Gasteiger partial charge in [0.15, 0.2) is 0 Å². The molecule has 0 aliphatic heterocycles. The molecule has 0 N–H and O–H groups in total. The summed E-state index contributed by atoms with van der Waals surface area (Å²) in [5, 5.41) is 0. The van der Waals surface area contributed by atoms with Crippen LogP contribution in [0.25, 0.3) is 0 Å². The molecule has 0 bridgehead atoms. The van der Waals surface area contributed by atoms with Gasteiger partial charge < -0.3 is 34.0 Å². The van der Waals surface area contributed by atoms with Crippen LogP contribution in [0.1, 0.15) is 26.2 Å². The van der Waals surface area contributed by atoms with Gasteiger partial charge in [0.1, 0.15) is 0 Å². The van der Waals surface area contributed by atoms with Gasteiger partial charge in [-0.3, -0.25) is 0 Å². The van der Waals surface area contributed by atoms with Gasteiger partial charge in [0, 0.05) is 0 Å². The summed E-state index contributed by atoms with van der Waals surface area (Å²) in [5.74, 6) is 0. The van der Waals surface area contributed by atoms with Crippen LogP contribution in [0.4, 0.5) is 0 Å². The Morgan fingerprint density at radius 2 is 2.09 bits per heavy atom. The minimum Gasteiger partial charge on any atom is -1.00 e. The molecule has 0 aromatic rings. The third kappa shape index (κ3) is 4.67. The molecule has 1 rings (SSSR count). The fraction of sp³-hybridized carbons (Fsp3) is 0.500. The molecule has 0 radical (unpaired) electrons. The van der Waals surface area contributed by atoms with E-state index < -0.39 is 0 Å². The van der Waals surface area contributed by atoms with Crippen LogP contribution in [-0.2, 0) is 20.4 Å². The first-order chi connectivity index (χ1) is 4.34. The Hall–Kier alpha value is 1.15. The van der Waals surface area contributed by atoms with E-state index in [2.05, 4.69) is 39.5 Å². The Balaban J connectivity index is 0. The van der Waals surface area contributed by atoms with Crippen LogP contribution < -0.4 is 34.0 Å². The maximum Gasteiger partial charge on any atom is -1.00 e. The van der Waals surface area contributed by atoms with Crippen molar-refractivity contribution in [2.45, 2.75) is 26.2 Å². The SMILES string of the molecule is CCCC1=[C]([Ti+2])CC=C1.[Br-].[Br-]. The van der Waals surface area contributed by atoms with Crippen molar-refractivity contribution >= 4 is 0 Å². The Kier molecular flexibility index (Phi) is 10.4. The van der Waals surface area contributed by atoms with Crippen molar-refractivity contribution < 1.29 is 54.4 Å². The van der Waals surface area contributed by atoms with Gasteiger partial charge >= 0.3 is 68.2 Å². The zero-order chi connectivity index (χ0) is 6.69. The third-order valence-electron chi connectivity index (χ3n) is 1.55. The zero-order valence-electron chi connectivity index (χ0n) is 6.53. The van der Waals surface area contributed by atoms with Crippen molar-refractivity contribution in [3.63, 3.8) is 0 Å². The second-order valence-electron chi connectivity index (χ2n) is 2.36. The summed E-state index contributed by atoms with van der Waals surface area (Å²) in [6.45, 7) is 2.23. The predicted octanol–water partition coefficient (Wildman–Crippen LogP) is -3.44. The van der Waals surface area contributed by atoms with E-state index in [1.807, 2.05) is 0 Å². The molecule has 0 atom stereocenters. The molecule has 0 fully saturated rings. The Morgan fingerprint density at radius 1 is 1.45 bits per heavy atom. The molecule has 0 saturated heterocycles. The van der Waals surface area contributed by atoms with Crippen LogP contribution in [0.3, 0.4) is 0 Å². The maximum absolute atomic E-state index is 2.26. The standard InChI is InChI=1S/C8H11.2BrH.Ti/c1-2-5-8-6-3-4-7-8;;;/h3,6H,2,4-5H2,1H3;2*1H;/q;;;+2/p-2. The van der Waals surface area contributed by atoms with Crippen LogP contribution >= 0.6 is 0 Å². The van der Waals surface area contributed by atoms with E-state index in [-0.39, 0.29) is 34.0 Å². The normalized spacial score (nSPS) is 14.5. The van der Waals surface area contributed by atoms with E-state index >= 15 is 0 Å². The Labute approximate surface area is 101 Å². The second-order valence-corrected chi connectivity index (χ2v) is 3.30. The van der Waals surface area contributed by atoms with Gasteiger partial charge in [-0.1, -0.05) is 0 Å². The Morgan fingerprint density at radius 3 is 2.45 bits per heavy atom. The summed E-state index contributed by atoms with van der Waals surface area (Å²) >= 11 is 2.23. The molecule has 0 aromatic carbocycles. The van der Waals surface area contributed by atoms with Crippen LogP contribution in [0.5, 0.6) is 0 Å². The second kappa shape index (κ2) is 7.79. The molecule has 0 saturated carbocycles. The average Bonchev–Trinajstić information content (AvgIpc) is 2.18. The van der Waals surface area contributed by atoms with Crippen LogP contribution in [0.2, 0.25) is 0 Å². The van der Waals surface area contributed by atoms with Crippen LogP contribution in [-0.4, -0.2) is 0 Å². The molecule has 1 aliphatic rings. The molecule has 11 heavy (non-hydrogen) atoms. The maximum atomic E-state index is 2.26. The summed E-state index contributed by atoms with van der Waals surface area (Å²) in [7, 11) is 0.